The van der Waals surface area contributed by atoms with Crippen molar-refractivity contribution in [1.29, 1.82) is 0 Å². The molecule has 0 aliphatic heterocycles. The van der Waals surface area contributed by atoms with Gasteiger partial charge in [-0.15, -0.1) is 0 Å². The molecule has 6 nitrogen and oxygen atoms in total. The van der Waals surface area contributed by atoms with Crippen molar-refractivity contribution in [3.05, 3.63) is 49.2 Å². The molecule has 0 amide bonds. The molecule has 0 saturated carbocycles. The summed E-state index contributed by atoms with van der Waals surface area (Å²) in [4.78, 5) is 4.26. The molecule has 1 aromatic carbocycles. The van der Waals surface area contributed by atoms with Crippen LogP contribution < -0.4 is 9.47 Å². The number of aromatic nitrogens is 4. The molecule has 126 valence electrons. The van der Waals surface area contributed by atoms with Crippen molar-refractivity contribution >= 4 is 0 Å². The lowest BCUT2D eigenvalue weighted by molar-refractivity contribution is 0.300. The third-order valence-electron chi connectivity index (χ3n) is 3.82. The molecule has 0 aliphatic carbocycles. The fourth-order valence-electron chi connectivity index (χ4n) is 2.52. The van der Waals surface area contributed by atoms with E-state index in [0.717, 1.165) is 42.3 Å². The second-order valence-corrected chi connectivity index (χ2v) is 5.44. The highest BCUT2D eigenvalue weighted by Crippen LogP contribution is 2.20. The van der Waals surface area contributed by atoms with E-state index in [9.17, 15) is 0 Å². The van der Waals surface area contributed by atoms with Crippen molar-refractivity contribution < 1.29 is 9.47 Å². The Hall–Kier alpha value is -2.76. The second-order valence-electron chi connectivity index (χ2n) is 5.44. The van der Waals surface area contributed by atoms with Crippen LogP contribution in [0.4, 0.5) is 0 Å². The number of ether oxygens (including phenoxy) is 2. The summed E-state index contributed by atoms with van der Waals surface area (Å²) in [6.07, 6.45) is 8.54. The molecule has 0 aliphatic rings. The molecule has 0 saturated heterocycles. The average molecular weight is 326 g/mol. The standard InChI is InChI=1S/C18H22N4O2/c1-3-22-13-15(11-20-22)18-12-19-14-21(18)8-5-9-24-17-7-4-6-16(10-17)23-2/h4,6-7,10-14H,3,5,8-9H2,1-2H3. The Morgan fingerprint density at radius 3 is 2.83 bits per heavy atom. The molecule has 3 rings (SSSR count). The number of benzene rings is 1. The van der Waals surface area contributed by atoms with Crippen molar-refractivity contribution in [1.82, 2.24) is 19.3 Å². The van der Waals surface area contributed by atoms with Crippen molar-refractivity contribution in [2.75, 3.05) is 13.7 Å². The monoisotopic (exact) mass is 326 g/mol. The number of methoxy groups -OCH3 is 1. The van der Waals surface area contributed by atoms with Crippen molar-refractivity contribution in [2.45, 2.75) is 26.4 Å². The summed E-state index contributed by atoms with van der Waals surface area (Å²) >= 11 is 0. The van der Waals surface area contributed by atoms with E-state index in [-0.39, 0.29) is 0 Å². The molecular formula is C18H22N4O2. The van der Waals surface area contributed by atoms with Crippen LogP contribution >= 0.6 is 0 Å². The van der Waals surface area contributed by atoms with Crippen LogP contribution in [-0.4, -0.2) is 33.0 Å². The number of rotatable bonds is 8. The normalized spacial score (nSPS) is 10.8. The minimum Gasteiger partial charge on any atom is -0.497 e. The van der Waals surface area contributed by atoms with Gasteiger partial charge in [0.1, 0.15) is 11.5 Å². The van der Waals surface area contributed by atoms with E-state index in [0.29, 0.717) is 6.61 Å². The highest BCUT2D eigenvalue weighted by atomic mass is 16.5. The van der Waals surface area contributed by atoms with E-state index >= 15 is 0 Å². The topological polar surface area (TPSA) is 54.1 Å². The first-order valence-electron chi connectivity index (χ1n) is 8.10. The molecule has 0 fully saturated rings. The number of hydrogen-bond donors (Lipinski definition) is 0. The van der Waals surface area contributed by atoms with E-state index in [1.807, 2.05) is 53.9 Å². The molecule has 2 heterocycles. The molecule has 0 radical (unpaired) electrons. The summed E-state index contributed by atoms with van der Waals surface area (Å²) in [5.41, 5.74) is 2.17. The number of nitrogens with zero attached hydrogens (tertiary/aromatic N) is 4. The van der Waals surface area contributed by atoms with Gasteiger partial charge < -0.3 is 14.0 Å². The third kappa shape index (κ3) is 3.76. The van der Waals surface area contributed by atoms with E-state index in [2.05, 4.69) is 21.6 Å². The van der Waals surface area contributed by atoms with Crippen LogP contribution in [0.5, 0.6) is 11.5 Å². The predicted octanol–water partition coefficient (Wildman–Crippen LogP) is 3.24. The lowest BCUT2D eigenvalue weighted by atomic mass is 10.2. The van der Waals surface area contributed by atoms with E-state index < -0.39 is 0 Å². The third-order valence-corrected chi connectivity index (χ3v) is 3.82. The van der Waals surface area contributed by atoms with Gasteiger partial charge in [0.05, 0.1) is 38.1 Å². The van der Waals surface area contributed by atoms with Gasteiger partial charge in [0.15, 0.2) is 0 Å². The molecule has 0 N–H and O–H groups in total. The Morgan fingerprint density at radius 2 is 2.04 bits per heavy atom. The van der Waals surface area contributed by atoms with Gasteiger partial charge in [-0.05, 0) is 25.5 Å². The number of hydrogen-bond acceptors (Lipinski definition) is 4. The molecule has 2 aromatic heterocycles. The van der Waals surface area contributed by atoms with Crippen LogP contribution in [0.3, 0.4) is 0 Å². The molecule has 3 aromatic rings. The molecule has 0 unspecified atom stereocenters. The van der Waals surface area contributed by atoms with Gasteiger partial charge in [-0.1, -0.05) is 6.07 Å². The molecule has 0 bridgehead atoms. The van der Waals surface area contributed by atoms with Crippen molar-refractivity contribution in [3.63, 3.8) is 0 Å². The van der Waals surface area contributed by atoms with Gasteiger partial charge in [-0.25, -0.2) is 4.98 Å². The first kappa shape index (κ1) is 16.1. The Balaban J connectivity index is 1.55. The summed E-state index contributed by atoms with van der Waals surface area (Å²) in [5.74, 6) is 1.63. The Morgan fingerprint density at radius 1 is 1.17 bits per heavy atom. The fraction of sp³-hybridized carbons (Fsp3) is 0.333. The SMILES string of the molecule is CCn1cc(-c2cncn2CCCOc2cccc(OC)c2)cn1. The average Bonchev–Trinajstić information content (AvgIpc) is 3.27. The van der Waals surface area contributed by atoms with Crippen LogP contribution in [0.2, 0.25) is 0 Å². The quantitative estimate of drug-likeness (QED) is 0.596. The van der Waals surface area contributed by atoms with Gasteiger partial charge >= 0.3 is 0 Å². The smallest absolute Gasteiger partial charge is 0.122 e. The number of aryl methyl sites for hydroxylation is 2. The summed E-state index contributed by atoms with van der Waals surface area (Å²) in [7, 11) is 1.65. The van der Waals surface area contributed by atoms with Gasteiger partial charge in [0, 0.05) is 30.9 Å². The van der Waals surface area contributed by atoms with Crippen LogP contribution in [0, 0.1) is 0 Å². The van der Waals surface area contributed by atoms with Gasteiger partial charge in [0.25, 0.3) is 0 Å². The maximum Gasteiger partial charge on any atom is 0.122 e. The first-order valence-corrected chi connectivity index (χ1v) is 8.10. The summed E-state index contributed by atoms with van der Waals surface area (Å²) in [6, 6.07) is 7.65. The maximum atomic E-state index is 5.78. The first-order chi connectivity index (χ1) is 11.8. The summed E-state index contributed by atoms with van der Waals surface area (Å²) in [6.45, 7) is 4.42. The highest BCUT2D eigenvalue weighted by molar-refractivity contribution is 5.56. The Bertz CT molecular complexity index is 779. The Kier molecular flexibility index (Phi) is 5.15. The lowest BCUT2D eigenvalue weighted by Gasteiger charge is -2.09. The summed E-state index contributed by atoms with van der Waals surface area (Å²) < 4.78 is 15.0. The molecule has 6 heteroatoms. The predicted molar refractivity (Wildman–Crippen MR) is 92.2 cm³/mol. The maximum absolute atomic E-state index is 5.78. The largest absolute Gasteiger partial charge is 0.497 e. The zero-order chi connectivity index (χ0) is 16.8. The van der Waals surface area contributed by atoms with E-state index in [1.165, 1.54) is 0 Å². The van der Waals surface area contributed by atoms with Crippen LogP contribution in [-0.2, 0) is 13.1 Å². The van der Waals surface area contributed by atoms with Gasteiger partial charge in [-0.2, -0.15) is 5.10 Å². The van der Waals surface area contributed by atoms with Crippen molar-refractivity contribution in [2.24, 2.45) is 0 Å². The Labute approximate surface area is 141 Å². The van der Waals surface area contributed by atoms with Gasteiger partial charge in [-0.3, -0.25) is 4.68 Å². The fourth-order valence-corrected chi connectivity index (χ4v) is 2.52. The van der Waals surface area contributed by atoms with Crippen LogP contribution in [0.25, 0.3) is 11.3 Å². The highest BCUT2D eigenvalue weighted by Gasteiger charge is 2.07. The lowest BCUT2D eigenvalue weighted by Crippen LogP contribution is -2.05. The molecule has 0 spiro atoms. The molecule has 24 heavy (non-hydrogen) atoms. The van der Waals surface area contributed by atoms with E-state index in [4.69, 9.17) is 9.47 Å². The minimum absolute atomic E-state index is 0.638. The van der Waals surface area contributed by atoms with Crippen LogP contribution in [0.15, 0.2) is 49.2 Å². The molecular weight excluding hydrogens is 304 g/mol. The van der Waals surface area contributed by atoms with Crippen molar-refractivity contribution in [3.8, 4) is 22.8 Å². The second kappa shape index (κ2) is 7.68. The molecule has 0 atom stereocenters. The van der Waals surface area contributed by atoms with Crippen LogP contribution in [0.1, 0.15) is 13.3 Å². The minimum atomic E-state index is 0.638. The number of imidazole rings is 1. The zero-order valence-electron chi connectivity index (χ0n) is 14.1. The van der Waals surface area contributed by atoms with Gasteiger partial charge in [0.2, 0.25) is 0 Å². The van der Waals surface area contributed by atoms with E-state index in [1.54, 1.807) is 7.11 Å². The summed E-state index contributed by atoms with van der Waals surface area (Å²) in [5, 5.41) is 4.32. The zero-order valence-corrected chi connectivity index (χ0v) is 14.1.